The van der Waals surface area contributed by atoms with Gasteiger partial charge >= 0.3 is 6.09 Å². The van der Waals surface area contributed by atoms with Crippen molar-refractivity contribution in [1.29, 1.82) is 0 Å². The van der Waals surface area contributed by atoms with Gasteiger partial charge in [-0.3, -0.25) is 5.21 Å². The zero-order chi connectivity index (χ0) is 9.56. The molecule has 1 unspecified atom stereocenters. The zero-order valence-electron chi connectivity index (χ0n) is 6.93. The van der Waals surface area contributed by atoms with Crippen LogP contribution in [-0.4, -0.2) is 34.3 Å². The highest BCUT2D eigenvalue weighted by Crippen LogP contribution is 1.95. The molecule has 0 aliphatic heterocycles. The predicted molar refractivity (Wildman–Crippen MR) is 40.5 cm³/mol. The monoisotopic (exact) mass is 178 g/mol. The van der Waals surface area contributed by atoms with Crippen molar-refractivity contribution < 1.29 is 19.9 Å². The van der Waals surface area contributed by atoms with Crippen molar-refractivity contribution in [3.8, 4) is 0 Å². The summed E-state index contributed by atoms with van der Waals surface area (Å²) in [6.45, 7) is 1.95. The van der Waals surface area contributed by atoms with Gasteiger partial charge in [0.05, 0.1) is 6.61 Å². The second kappa shape index (κ2) is 5.76. The van der Waals surface area contributed by atoms with Crippen LogP contribution in [0.5, 0.6) is 0 Å². The Kier molecular flexibility index (Phi) is 5.35. The predicted octanol–water partition coefficient (Wildman–Crippen LogP) is 0.415. The number of nitrogens with zero attached hydrogens (tertiary/aromatic N) is 1. The van der Waals surface area contributed by atoms with Crippen LogP contribution in [0.25, 0.3) is 0 Å². The molecule has 6 heteroatoms. The maximum atomic E-state index is 9.98. The molecule has 0 aliphatic carbocycles. The topological polar surface area (TPSA) is 96.0 Å². The summed E-state index contributed by atoms with van der Waals surface area (Å²) >= 11 is 0. The third-order valence-corrected chi connectivity index (χ3v) is 1.23. The fourth-order valence-corrected chi connectivity index (χ4v) is 0.676. The molecule has 4 N–H and O–H groups in total. The van der Waals surface area contributed by atoms with Gasteiger partial charge in [0, 0.05) is 6.04 Å². The summed E-state index contributed by atoms with van der Waals surface area (Å²) in [5, 5.41) is 16.4. The van der Waals surface area contributed by atoms with E-state index < -0.39 is 6.09 Å². The molecule has 0 aromatic carbocycles. The normalized spacial score (nSPS) is 12.6. The van der Waals surface area contributed by atoms with E-state index >= 15 is 0 Å². The molecule has 72 valence electrons. The highest BCUT2D eigenvalue weighted by atomic mass is 16.9. The largest absolute Gasteiger partial charge is 0.462 e. The lowest BCUT2D eigenvalue weighted by Gasteiger charge is -2.13. The molecule has 1 amide bonds. The molecular weight excluding hydrogens is 164 g/mol. The Hall–Kier alpha value is -0.850. The van der Waals surface area contributed by atoms with E-state index in [1.165, 1.54) is 0 Å². The molecule has 1 atom stereocenters. The third kappa shape index (κ3) is 4.89. The molecule has 0 radical (unpaired) electrons. The molecule has 0 aliphatic rings. The van der Waals surface area contributed by atoms with Crippen LogP contribution >= 0.6 is 0 Å². The third-order valence-electron chi connectivity index (χ3n) is 1.23. The summed E-state index contributed by atoms with van der Waals surface area (Å²) < 4.78 is 0. The van der Waals surface area contributed by atoms with E-state index in [0.29, 0.717) is 0 Å². The van der Waals surface area contributed by atoms with Crippen LogP contribution < -0.4 is 5.73 Å². The van der Waals surface area contributed by atoms with E-state index in [0.717, 1.165) is 12.8 Å². The number of amides is 1. The first kappa shape index (κ1) is 11.2. The first-order valence-electron chi connectivity index (χ1n) is 3.68. The number of carboxylic acid groups (broad SMARTS) is 1. The Labute approximate surface area is 70.4 Å². The number of hydrogen-bond donors (Lipinski definition) is 3. The van der Waals surface area contributed by atoms with Crippen LogP contribution in [0.1, 0.15) is 19.8 Å². The van der Waals surface area contributed by atoms with Crippen molar-refractivity contribution >= 4 is 6.09 Å². The first-order chi connectivity index (χ1) is 5.57. The fraction of sp³-hybridized carbons (Fsp3) is 0.833. The van der Waals surface area contributed by atoms with Gasteiger partial charge in [-0.2, -0.15) is 0 Å². The van der Waals surface area contributed by atoms with Gasteiger partial charge in [0.1, 0.15) is 0 Å². The average molecular weight is 178 g/mol. The van der Waals surface area contributed by atoms with Gasteiger partial charge in [0.15, 0.2) is 0 Å². The Balaban J connectivity index is 3.46. The molecule has 0 spiro atoms. The first-order valence-corrected chi connectivity index (χ1v) is 3.68. The van der Waals surface area contributed by atoms with Gasteiger partial charge in [-0.1, -0.05) is 18.6 Å². The molecule has 0 fully saturated rings. The quantitative estimate of drug-likeness (QED) is 0.418. The highest BCUT2D eigenvalue weighted by Gasteiger charge is 2.10. The lowest BCUT2D eigenvalue weighted by molar-refractivity contribution is -0.306. The van der Waals surface area contributed by atoms with Crippen molar-refractivity contribution in [2.24, 2.45) is 5.73 Å². The van der Waals surface area contributed by atoms with Gasteiger partial charge in [-0.05, 0) is 6.42 Å². The zero-order valence-corrected chi connectivity index (χ0v) is 6.93. The standard InChI is InChI=1S/C6H14N2O4/c1-2-3-5(7)4-12-8(11)6(9)10/h5,11H,2-4,7H2,1H3,(H,9,10). The van der Waals surface area contributed by atoms with E-state index in [4.69, 9.17) is 16.0 Å². The van der Waals surface area contributed by atoms with Crippen molar-refractivity contribution in [2.75, 3.05) is 6.61 Å². The molecule has 0 saturated carbocycles. The molecule has 12 heavy (non-hydrogen) atoms. The minimum Gasteiger partial charge on any atom is -0.462 e. The smallest absolute Gasteiger partial charge is 0.457 e. The number of nitrogens with two attached hydrogens (primary N) is 1. The Bertz CT molecular complexity index is 142. The lowest BCUT2D eigenvalue weighted by Crippen LogP contribution is -2.33. The molecule has 0 aromatic heterocycles. The molecule has 0 heterocycles. The molecule has 0 saturated heterocycles. The highest BCUT2D eigenvalue weighted by molar-refractivity contribution is 5.61. The summed E-state index contributed by atoms with van der Waals surface area (Å²) in [5.74, 6) is 0. The number of rotatable bonds is 5. The number of carbonyl (C=O) groups is 1. The van der Waals surface area contributed by atoms with Crippen LogP contribution in [0, 0.1) is 0 Å². The van der Waals surface area contributed by atoms with Gasteiger partial charge < -0.3 is 10.8 Å². The van der Waals surface area contributed by atoms with Crippen LogP contribution in [0.3, 0.4) is 0 Å². The Morgan fingerprint density at radius 1 is 1.75 bits per heavy atom. The van der Waals surface area contributed by atoms with E-state index in [-0.39, 0.29) is 17.9 Å². The summed E-state index contributed by atoms with van der Waals surface area (Å²) in [6, 6.07) is -0.246. The second-order valence-electron chi connectivity index (χ2n) is 2.40. The molecule has 0 aromatic rings. The van der Waals surface area contributed by atoms with E-state index in [1.54, 1.807) is 0 Å². The van der Waals surface area contributed by atoms with Crippen molar-refractivity contribution in [3.63, 3.8) is 0 Å². The van der Waals surface area contributed by atoms with Gasteiger partial charge in [-0.15, -0.1) is 0 Å². The minimum absolute atomic E-state index is 0.00333. The summed E-state index contributed by atoms with van der Waals surface area (Å²) in [5.41, 5.74) is 5.48. The second-order valence-corrected chi connectivity index (χ2v) is 2.40. The molecule has 0 bridgehead atoms. The van der Waals surface area contributed by atoms with E-state index in [9.17, 15) is 4.79 Å². The van der Waals surface area contributed by atoms with E-state index in [2.05, 4.69) is 4.84 Å². The fourth-order valence-electron chi connectivity index (χ4n) is 0.676. The van der Waals surface area contributed by atoms with Crippen molar-refractivity contribution in [1.82, 2.24) is 5.23 Å². The van der Waals surface area contributed by atoms with E-state index in [1.807, 2.05) is 6.92 Å². The maximum Gasteiger partial charge on any atom is 0.457 e. The lowest BCUT2D eigenvalue weighted by atomic mass is 10.2. The van der Waals surface area contributed by atoms with Gasteiger partial charge in [0.2, 0.25) is 0 Å². The minimum atomic E-state index is -1.56. The van der Waals surface area contributed by atoms with Gasteiger partial charge in [0.25, 0.3) is 0 Å². The maximum absolute atomic E-state index is 9.98. The summed E-state index contributed by atoms with van der Waals surface area (Å²) in [4.78, 5) is 14.4. The Morgan fingerprint density at radius 2 is 2.33 bits per heavy atom. The average Bonchev–Trinajstić information content (AvgIpc) is 2.00. The number of hydrogen-bond acceptors (Lipinski definition) is 4. The number of hydroxylamine groups is 2. The van der Waals surface area contributed by atoms with Crippen LogP contribution in [0.15, 0.2) is 0 Å². The Morgan fingerprint density at radius 3 is 2.75 bits per heavy atom. The van der Waals surface area contributed by atoms with Crippen molar-refractivity contribution in [3.05, 3.63) is 0 Å². The van der Waals surface area contributed by atoms with Gasteiger partial charge in [-0.25, -0.2) is 9.63 Å². The molecule has 6 nitrogen and oxygen atoms in total. The SMILES string of the molecule is CCCC(N)CON(O)C(=O)O. The van der Waals surface area contributed by atoms with Crippen molar-refractivity contribution in [2.45, 2.75) is 25.8 Å². The van der Waals surface area contributed by atoms with Crippen LogP contribution in [0.4, 0.5) is 4.79 Å². The van der Waals surface area contributed by atoms with Crippen LogP contribution in [-0.2, 0) is 4.84 Å². The molecular formula is C6H14N2O4. The van der Waals surface area contributed by atoms with Crippen LogP contribution in [0.2, 0.25) is 0 Å². The molecule has 0 rings (SSSR count). The summed E-state index contributed by atoms with van der Waals surface area (Å²) in [7, 11) is 0. The summed E-state index contributed by atoms with van der Waals surface area (Å²) in [6.07, 6.45) is 0.0648.